The second-order valence-electron chi connectivity index (χ2n) is 3.24. The van der Waals surface area contributed by atoms with Gasteiger partial charge in [0.05, 0.1) is 0 Å². The van der Waals surface area contributed by atoms with Gasteiger partial charge in [0, 0.05) is 6.42 Å². The molecule has 0 radical (unpaired) electrons. The number of aldehydes is 1. The lowest BCUT2D eigenvalue weighted by Crippen LogP contribution is -2.29. The normalized spacial score (nSPS) is 15.0. The molecule has 2 nitrogen and oxygen atoms in total. The molecule has 0 amide bonds. The van der Waals surface area contributed by atoms with E-state index in [9.17, 15) is 14.3 Å². The molecule has 3 heteroatoms. The Bertz CT molecular complexity index is 308. The highest BCUT2D eigenvalue weighted by molar-refractivity contribution is 5.62. The van der Waals surface area contributed by atoms with Crippen LogP contribution in [-0.2, 0) is 11.2 Å². The summed E-state index contributed by atoms with van der Waals surface area (Å²) >= 11 is 0. The van der Waals surface area contributed by atoms with Crippen LogP contribution in [0, 0.1) is 5.82 Å². The Morgan fingerprint density at radius 2 is 2.15 bits per heavy atom. The van der Waals surface area contributed by atoms with Gasteiger partial charge >= 0.3 is 0 Å². The Morgan fingerprint density at radius 3 is 2.69 bits per heavy atom. The molecule has 0 saturated carbocycles. The number of benzene rings is 1. The van der Waals surface area contributed by atoms with Gasteiger partial charge in [0.15, 0.2) is 6.29 Å². The highest BCUT2D eigenvalue weighted by Crippen LogP contribution is 2.13. The lowest BCUT2D eigenvalue weighted by atomic mass is 9.98. The lowest BCUT2D eigenvalue weighted by Gasteiger charge is -2.15. The molecule has 1 aromatic carbocycles. The molecule has 1 aromatic rings. The van der Waals surface area contributed by atoms with Crippen LogP contribution in [0.4, 0.5) is 4.39 Å². The summed E-state index contributed by atoms with van der Waals surface area (Å²) in [5, 5.41) is 9.37. The zero-order valence-electron chi connectivity index (χ0n) is 7.33. The molecule has 0 saturated heterocycles. The zero-order valence-corrected chi connectivity index (χ0v) is 7.33. The van der Waals surface area contributed by atoms with Crippen molar-refractivity contribution in [1.82, 2.24) is 0 Å². The van der Waals surface area contributed by atoms with Crippen LogP contribution in [0.15, 0.2) is 24.3 Å². The third kappa shape index (κ3) is 2.63. The Balaban J connectivity index is 2.86. The Morgan fingerprint density at radius 1 is 1.54 bits per heavy atom. The SMILES string of the molecule is CC(O)(C=O)Cc1ccccc1F. The van der Waals surface area contributed by atoms with Crippen LogP contribution >= 0.6 is 0 Å². The minimum absolute atomic E-state index is 0.00315. The molecule has 1 unspecified atom stereocenters. The molecule has 1 rings (SSSR count). The molecule has 0 bridgehead atoms. The molecule has 0 heterocycles. The Hall–Kier alpha value is -1.22. The number of carbonyl (C=O) groups excluding carboxylic acids is 1. The highest BCUT2D eigenvalue weighted by Gasteiger charge is 2.20. The number of halogens is 1. The third-order valence-electron chi connectivity index (χ3n) is 1.76. The monoisotopic (exact) mass is 182 g/mol. The minimum atomic E-state index is -1.48. The number of rotatable bonds is 3. The summed E-state index contributed by atoms with van der Waals surface area (Å²) in [6.07, 6.45) is 0.419. The maximum Gasteiger partial charge on any atom is 0.151 e. The van der Waals surface area contributed by atoms with E-state index in [1.807, 2.05) is 0 Å². The van der Waals surface area contributed by atoms with Crippen molar-refractivity contribution in [1.29, 1.82) is 0 Å². The average Bonchev–Trinajstić information content (AvgIpc) is 2.09. The van der Waals surface area contributed by atoms with Crippen LogP contribution < -0.4 is 0 Å². The van der Waals surface area contributed by atoms with Crippen LogP contribution in [0.2, 0.25) is 0 Å². The number of aliphatic hydroxyl groups is 1. The first kappa shape index (κ1) is 9.86. The van der Waals surface area contributed by atoms with E-state index in [-0.39, 0.29) is 6.42 Å². The summed E-state index contributed by atoms with van der Waals surface area (Å²) in [4.78, 5) is 10.4. The van der Waals surface area contributed by atoms with Crippen molar-refractivity contribution in [3.63, 3.8) is 0 Å². The quantitative estimate of drug-likeness (QED) is 0.716. The maximum absolute atomic E-state index is 13.0. The van der Waals surface area contributed by atoms with Crippen LogP contribution in [0.1, 0.15) is 12.5 Å². The van der Waals surface area contributed by atoms with Crippen molar-refractivity contribution in [3.05, 3.63) is 35.6 Å². The van der Waals surface area contributed by atoms with Crippen molar-refractivity contribution in [2.75, 3.05) is 0 Å². The summed E-state index contributed by atoms with van der Waals surface area (Å²) < 4.78 is 13.0. The van der Waals surface area contributed by atoms with Crippen LogP contribution in [0.25, 0.3) is 0 Å². The van der Waals surface area contributed by atoms with E-state index >= 15 is 0 Å². The molecule has 1 N–H and O–H groups in total. The Labute approximate surface area is 76.0 Å². The molecule has 0 fully saturated rings. The van der Waals surface area contributed by atoms with Crippen molar-refractivity contribution in [2.45, 2.75) is 18.9 Å². The van der Waals surface area contributed by atoms with Crippen molar-refractivity contribution in [3.8, 4) is 0 Å². The molecule has 0 aromatic heterocycles. The Kier molecular flexibility index (Phi) is 2.78. The zero-order chi connectivity index (χ0) is 9.90. The number of carbonyl (C=O) groups is 1. The molecule has 13 heavy (non-hydrogen) atoms. The van der Waals surface area contributed by atoms with Gasteiger partial charge < -0.3 is 9.90 Å². The largest absolute Gasteiger partial charge is 0.382 e. The predicted molar refractivity (Wildman–Crippen MR) is 46.8 cm³/mol. The van der Waals surface area contributed by atoms with Gasteiger partial charge in [0.2, 0.25) is 0 Å². The van der Waals surface area contributed by atoms with E-state index in [1.54, 1.807) is 18.2 Å². The number of hydrogen-bond acceptors (Lipinski definition) is 2. The van der Waals surface area contributed by atoms with E-state index in [1.165, 1.54) is 13.0 Å². The second-order valence-corrected chi connectivity index (χ2v) is 3.24. The fraction of sp³-hybridized carbons (Fsp3) is 0.300. The topological polar surface area (TPSA) is 37.3 Å². The molecule has 1 atom stereocenters. The summed E-state index contributed by atoms with van der Waals surface area (Å²) in [7, 11) is 0. The molecule has 0 spiro atoms. The molecule has 0 aliphatic carbocycles. The average molecular weight is 182 g/mol. The van der Waals surface area contributed by atoms with Gasteiger partial charge in [-0.15, -0.1) is 0 Å². The van der Waals surface area contributed by atoms with Gasteiger partial charge in [0.1, 0.15) is 11.4 Å². The smallest absolute Gasteiger partial charge is 0.151 e. The minimum Gasteiger partial charge on any atom is -0.382 e. The third-order valence-corrected chi connectivity index (χ3v) is 1.76. The fourth-order valence-corrected chi connectivity index (χ4v) is 1.07. The molecular formula is C10H11FO2. The first-order valence-electron chi connectivity index (χ1n) is 3.97. The summed E-state index contributed by atoms with van der Waals surface area (Å²) in [5.41, 5.74) is -1.14. The van der Waals surface area contributed by atoms with Gasteiger partial charge in [-0.05, 0) is 18.6 Å². The maximum atomic E-state index is 13.0. The van der Waals surface area contributed by atoms with Crippen LogP contribution in [0.3, 0.4) is 0 Å². The van der Waals surface area contributed by atoms with Gasteiger partial charge in [0.25, 0.3) is 0 Å². The van der Waals surface area contributed by atoms with Gasteiger partial charge in [-0.3, -0.25) is 0 Å². The van der Waals surface area contributed by atoms with Crippen molar-refractivity contribution >= 4 is 6.29 Å². The van der Waals surface area contributed by atoms with Crippen molar-refractivity contribution < 1.29 is 14.3 Å². The highest BCUT2D eigenvalue weighted by atomic mass is 19.1. The van der Waals surface area contributed by atoms with Crippen molar-refractivity contribution in [2.24, 2.45) is 0 Å². The van der Waals surface area contributed by atoms with Gasteiger partial charge in [-0.25, -0.2) is 4.39 Å². The molecule has 0 aliphatic rings. The first-order valence-corrected chi connectivity index (χ1v) is 3.97. The number of hydrogen-bond donors (Lipinski definition) is 1. The molecule has 0 aliphatic heterocycles. The van der Waals surface area contributed by atoms with E-state index < -0.39 is 11.4 Å². The molecule has 70 valence electrons. The van der Waals surface area contributed by atoms with Crippen LogP contribution in [-0.4, -0.2) is 17.0 Å². The van der Waals surface area contributed by atoms with E-state index in [4.69, 9.17) is 0 Å². The standard InChI is InChI=1S/C10H11FO2/c1-10(13,7-12)6-8-4-2-3-5-9(8)11/h2-5,7,13H,6H2,1H3. The first-order chi connectivity index (χ1) is 6.05. The predicted octanol–water partition coefficient (Wildman–Crippen LogP) is 1.32. The van der Waals surface area contributed by atoms with Gasteiger partial charge in [-0.2, -0.15) is 0 Å². The van der Waals surface area contributed by atoms with Crippen LogP contribution in [0.5, 0.6) is 0 Å². The fourth-order valence-electron chi connectivity index (χ4n) is 1.07. The van der Waals surface area contributed by atoms with E-state index in [0.29, 0.717) is 11.8 Å². The van der Waals surface area contributed by atoms with Gasteiger partial charge in [-0.1, -0.05) is 18.2 Å². The van der Waals surface area contributed by atoms with E-state index in [2.05, 4.69) is 0 Å². The summed E-state index contributed by atoms with van der Waals surface area (Å²) in [6.45, 7) is 1.35. The second kappa shape index (κ2) is 3.66. The molecular weight excluding hydrogens is 171 g/mol. The van der Waals surface area contributed by atoms with E-state index in [0.717, 1.165) is 0 Å². The summed E-state index contributed by atoms with van der Waals surface area (Å²) in [6, 6.07) is 6.08. The lowest BCUT2D eigenvalue weighted by molar-refractivity contribution is -0.122. The summed E-state index contributed by atoms with van der Waals surface area (Å²) in [5.74, 6) is -0.398.